The van der Waals surface area contributed by atoms with Gasteiger partial charge in [0.1, 0.15) is 17.3 Å². The van der Waals surface area contributed by atoms with Crippen LogP contribution in [0.3, 0.4) is 0 Å². The molecule has 1 aromatic heterocycles. The Morgan fingerprint density at radius 3 is 2.67 bits per heavy atom. The van der Waals surface area contributed by atoms with Gasteiger partial charge in [-0.25, -0.2) is 8.78 Å². The number of nitrogens with one attached hydrogen (secondary N) is 1. The fraction of sp³-hybridized carbons (Fsp3) is 0.267. The van der Waals surface area contributed by atoms with Gasteiger partial charge in [0.2, 0.25) is 0 Å². The van der Waals surface area contributed by atoms with Crippen LogP contribution in [0.2, 0.25) is 0 Å². The normalized spacial score (nSPS) is 10.7. The average Bonchev–Trinajstić information content (AvgIpc) is 2.77. The van der Waals surface area contributed by atoms with Gasteiger partial charge in [-0.05, 0) is 31.0 Å². The van der Waals surface area contributed by atoms with Crippen molar-refractivity contribution in [3.05, 3.63) is 47.3 Å². The van der Waals surface area contributed by atoms with E-state index >= 15 is 0 Å². The van der Waals surface area contributed by atoms with E-state index in [4.69, 9.17) is 5.73 Å². The van der Waals surface area contributed by atoms with Crippen LogP contribution in [0.25, 0.3) is 0 Å². The molecule has 0 unspecified atom stereocenters. The van der Waals surface area contributed by atoms with Gasteiger partial charge in [-0.15, -0.1) is 0 Å². The van der Waals surface area contributed by atoms with Crippen LogP contribution in [0.15, 0.2) is 24.4 Å². The highest BCUT2D eigenvalue weighted by molar-refractivity contribution is 6.03. The average molecular weight is 293 g/mol. The second-order valence-electron chi connectivity index (χ2n) is 4.89. The SMILES string of the molecule is CCCn1cc(N)cc1C(=O)Nc1cc(F)c(C)cc1F. The van der Waals surface area contributed by atoms with Gasteiger partial charge in [0.15, 0.2) is 0 Å². The third kappa shape index (κ3) is 3.21. The second-order valence-corrected chi connectivity index (χ2v) is 4.89. The number of anilines is 2. The topological polar surface area (TPSA) is 60.0 Å². The van der Waals surface area contributed by atoms with Crippen molar-refractivity contribution in [2.45, 2.75) is 26.8 Å². The molecular formula is C15H17F2N3O. The van der Waals surface area contributed by atoms with Crippen molar-refractivity contribution in [1.29, 1.82) is 0 Å². The number of carbonyl (C=O) groups is 1. The van der Waals surface area contributed by atoms with Gasteiger partial charge in [-0.2, -0.15) is 0 Å². The minimum Gasteiger partial charge on any atom is -0.397 e. The number of nitrogens with zero attached hydrogens (tertiary/aromatic N) is 1. The van der Waals surface area contributed by atoms with E-state index in [9.17, 15) is 13.6 Å². The molecule has 0 saturated carbocycles. The van der Waals surface area contributed by atoms with Gasteiger partial charge in [0.05, 0.1) is 11.4 Å². The highest BCUT2D eigenvalue weighted by Crippen LogP contribution is 2.20. The molecule has 0 saturated heterocycles. The summed E-state index contributed by atoms with van der Waals surface area (Å²) >= 11 is 0. The molecule has 21 heavy (non-hydrogen) atoms. The summed E-state index contributed by atoms with van der Waals surface area (Å²) in [7, 11) is 0. The summed E-state index contributed by atoms with van der Waals surface area (Å²) in [6, 6.07) is 3.52. The lowest BCUT2D eigenvalue weighted by Gasteiger charge is -2.10. The van der Waals surface area contributed by atoms with Gasteiger partial charge in [-0.1, -0.05) is 6.92 Å². The van der Waals surface area contributed by atoms with Crippen LogP contribution in [-0.4, -0.2) is 10.5 Å². The Labute approximate surface area is 121 Å². The van der Waals surface area contributed by atoms with Gasteiger partial charge in [0, 0.05) is 18.8 Å². The predicted molar refractivity (Wildman–Crippen MR) is 78.2 cm³/mol. The minimum absolute atomic E-state index is 0.184. The molecule has 0 aliphatic heterocycles. The zero-order chi connectivity index (χ0) is 15.6. The predicted octanol–water partition coefficient (Wildman–Crippen LogP) is 3.32. The van der Waals surface area contributed by atoms with E-state index in [1.165, 1.54) is 13.0 Å². The molecule has 6 heteroatoms. The van der Waals surface area contributed by atoms with E-state index in [-0.39, 0.29) is 11.3 Å². The lowest BCUT2D eigenvalue weighted by atomic mass is 10.2. The molecule has 0 aliphatic carbocycles. The first-order valence-electron chi connectivity index (χ1n) is 6.65. The van der Waals surface area contributed by atoms with E-state index in [0.717, 1.165) is 18.6 Å². The number of rotatable bonds is 4. The Bertz CT molecular complexity index is 680. The Morgan fingerprint density at radius 1 is 1.29 bits per heavy atom. The van der Waals surface area contributed by atoms with Crippen molar-refractivity contribution in [3.63, 3.8) is 0 Å². The summed E-state index contributed by atoms with van der Waals surface area (Å²) in [6.45, 7) is 4.04. The van der Waals surface area contributed by atoms with Crippen molar-refractivity contribution in [1.82, 2.24) is 4.57 Å². The number of nitrogen functional groups attached to an aromatic ring is 1. The lowest BCUT2D eigenvalue weighted by Crippen LogP contribution is -2.17. The van der Waals surface area contributed by atoms with E-state index < -0.39 is 17.5 Å². The van der Waals surface area contributed by atoms with Crippen LogP contribution in [0.4, 0.5) is 20.2 Å². The van der Waals surface area contributed by atoms with E-state index in [2.05, 4.69) is 5.32 Å². The quantitative estimate of drug-likeness (QED) is 0.908. The maximum Gasteiger partial charge on any atom is 0.272 e. The molecule has 0 atom stereocenters. The number of nitrogens with two attached hydrogens (primary N) is 1. The molecule has 0 spiro atoms. The third-order valence-electron chi connectivity index (χ3n) is 3.11. The number of hydrogen-bond acceptors (Lipinski definition) is 2. The highest BCUT2D eigenvalue weighted by atomic mass is 19.1. The van der Waals surface area contributed by atoms with Crippen molar-refractivity contribution < 1.29 is 13.6 Å². The monoisotopic (exact) mass is 293 g/mol. The van der Waals surface area contributed by atoms with Gasteiger partial charge < -0.3 is 15.6 Å². The minimum atomic E-state index is -0.677. The molecule has 0 fully saturated rings. The van der Waals surface area contributed by atoms with E-state index in [1.807, 2.05) is 6.92 Å². The maximum absolute atomic E-state index is 13.7. The molecule has 1 amide bonds. The van der Waals surface area contributed by atoms with Crippen LogP contribution in [0, 0.1) is 18.6 Å². The summed E-state index contributed by atoms with van der Waals surface area (Å²) < 4.78 is 28.9. The zero-order valence-electron chi connectivity index (χ0n) is 11.9. The number of benzene rings is 1. The molecule has 0 aliphatic rings. The first-order chi connectivity index (χ1) is 9.92. The molecule has 2 rings (SSSR count). The van der Waals surface area contributed by atoms with E-state index in [1.54, 1.807) is 10.8 Å². The summed E-state index contributed by atoms with van der Waals surface area (Å²) in [6.07, 6.45) is 2.46. The fourth-order valence-corrected chi connectivity index (χ4v) is 2.08. The molecule has 3 N–H and O–H groups in total. The van der Waals surface area contributed by atoms with Gasteiger partial charge in [-0.3, -0.25) is 4.79 Å². The summed E-state index contributed by atoms with van der Waals surface area (Å²) in [5, 5.41) is 2.38. The highest BCUT2D eigenvalue weighted by Gasteiger charge is 2.15. The molecule has 0 radical (unpaired) electrons. The fourth-order valence-electron chi connectivity index (χ4n) is 2.08. The lowest BCUT2D eigenvalue weighted by molar-refractivity contribution is 0.101. The van der Waals surface area contributed by atoms with Crippen LogP contribution in [0.5, 0.6) is 0 Å². The van der Waals surface area contributed by atoms with Crippen molar-refractivity contribution >= 4 is 17.3 Å². The zero-order valence-corrected chi connectivity index (χ0v) is 11.9. The van der Waals surface area contributed by atoms with Crippen LogP contribution in [0.1, 0.15) is 29.4 Å². The second kappa shape index (κ2) is 5.95. The standard InChI is InChI=1S/C15H17F2N3O/c1-3-4-20-8-10(18)6-14(20)15(21)19-13-7-11(16)9(2)5-12(13)17/h5-8H,3-4,18H2,1-2H3,(H,19,21). The Balaban J connectivity index is 2.28. The maximum atomic E-state index is 13.7. The molecule has 4 nitrogen and oxygen atoms in total. The van der Waals surface area contributed by atoms with Crippen molar-refractivity contribution in [2.75, 3.05) is 11.1 Å². The molecular weight excluding hydrogens is 276 g/mol. The summed E-state index contributed by atoms with van der Waals surface area (Å²) in [5.74, 6) is -1.78. The molecule has 1 heterocycles. The number of carbonyl (C=O) groups excluding carboxylic acids is 1. The molecule has 1 aromatic carbocycles. The van der Waals surface area contributed by atoms with Gasteiger partial charge in [0.25, 0.3) is 5.91 Å². The first-order valence-corrected chi connectivity index (χ1v) is 6.65. The summed E-state index contributed by atoms with van der Waals surface area (Å²) in [5.41, 5.74) is 6.44. The Morgan fingerprint density at radius 2 is 2.00 bits per heavy atom. The third-order valence-corrected chi connectivity index (χ3v) is 3.11. The van der Waals surface area contributed by atoms with Crippen LogP contribution in [-0.2, 0) is 6.54 Å². The number of aromatic nitrogens is 1. The summed E-state index contributed by atoms with van der Waals surface area (Å²) in [4.78, 5) is 12.2. The van der Waals surface area contributed by atoms with Crippen LogP contribution >= 0.6 is 0 Å². The van der Waals surface area contributed by atoms with Crippen molar-refractivity contribution in [2.24, 2.45) is 0 Å². The number of hydrogen-bond donors (Lipinski definition) is 2. The number of aryl methyl sites for hydroxylation is 2. The van der Waals surface area contributed by atoms with Crippen LogP contribution < -0.4 is 11.1 Å². The largest absolute Gasteiger partial charge is 0.397 e. The number of halogens is 2. The molecule has 2 aromatic rings. The number of amides is 1. The van der Waals surface area contributed by atoms with E-state index in [0.29, 0.717) is 17.9 Å². The van der Waals surface area contributed by atoms with Crippen molar-refractivity contribution in [3.8, 4) is 0 Å². The Hall–Kier alpha value is -2.37. The van der Waals surface area contributed by atoms with Gasteiger partial charge >= 0.3 is 0 Å². The molecule has 0 bridgehead atoms. The molecule has 112 valence electrons. The Kier molecular flexibility index (Phi) is 4.26. The smallest absolute Gasteiger partial charge is 0.272 e. The first kappa shape index (κ1) is 15.0.